The Labute approximate surface area is 162 Å². The second-order valence-corrected chi connectivity index (χ2v) is 8.05. The number of likely N-dealkylation sites (N-methyl/N-ethyl adjacent to an activating group) is 1. The molecule has 0 saturated carbocycles. The lowest BCUT2D eigenvalue weighted by atomic mass is 10.1. The van der Waals surface area contributed by atoms with Gasteiger partial charge in [-0.25, -0.2) is 4.98 Å². The van der Waals surface area contributed by atoms with Crippen molar-refractivity contribution in [3.8, 4) is 0 Å². The molecule has 0 atom stereocenters. The Morgan fingerprint density at radius 1 is 1.15 bits per heavy atom. The second kappa shape index (κ2) is 7.17. The molecule has 1 aliphatic heterocycles. The van der Waals surface area contributed by atoms with E-state index < -0.39 is 0 Å². The first-order valence-corrected chi connectivity index (χ1v) is 9.83. The third-order valence-electron chi connectivity index (χ3n) is 4.96. The average Bonchev–Trinajstić information content (AvgIpc) is 3.03. The third kappa shape index (κ3) is 3.74. The molecule has 7 heteroatoms. The number of hydrogen-bond donors (Lipinski definition) is 2. The first-order valence-electron chi connectivity index (χ1n) is 9.01. The quantitative estimate of drug-likeness (QED) is 0.729. The SMILES string of the molecule is Cc1cc(NC(=O)c2ccc(N3CCN(C)CC3)cc2)cc2sc(N)nc12. The molecule has 0 radical (unpaired) electrons. The molecule has 0 unspecified atom stereocenters. The van der Waals surface area contributed by atoms with E-state index in [0.29, 0.717) is 10.7 Å². The highest BCUT2D eigenvalue weighted by molar-refractivity contribution is 7.22. The van der Waals surface area contributed by atoms with Crippen LogP contribution in [0.25, 0.3) is 10.2 Å². The van der Waals surface area contributed by atoms with Crippen molar-refractivity contribution in [3.05, 3.63) is 47.5 Å². The molecule has 6 nitrogen and oxygen atoms in total. The zero-order chi connectivity index (χ0) is 19.0. The number of nitrogens with zero attached hydrogens (tertiary/aromatic N) is 3. The van der Waals surface area contributed by atoms with Gasteiger partial charge in [0.25, 0.3) is 5.91 Å². The van der Waals surface area contributed by atoms with Crippen LogP contribution in [0.5, 0.6) is 0 Å². The standard InChI is InChI=1S/C20H23N5OS/c1-13-11-15(12-17-18(13)23-20(21)27-17)22-19(26)14-3-5-16(6-4-14)25-9-7-24(2)8-10-25/h3-6,11-12H,7-10H2,1-2H3,(H2,21,23)(H,22,26). The number of fused-ring (bicyclic) bond motifs is 1. The van der Waals surface area contributed by atoms with E-state index >= 15 is 0 Å². The molecule has 3 aromatic rings. The largest absolute Gasteiger partial charge is 0.375 e. The maximum absolute atomic E-state index is 12.6. The van der Waals surface area contributed by atoms with Crippen LogP contribution in [0, 0.1) is 6.92 Å². The Hall–Kier alpha value is -2.64. The molecule has 0 aliphatic carbocycles. The fourth-order valence-electron chi connectivity index (χ4n) is 3.38. The number of anilines is 3. The van der Waals surface area contributed by atoms with Gasteiger partial charge < -0.3 is 20.9 Å². The Morgan fingerprint density at radius 2 is 1.85 bits per heavy atom. The fraction of sp³-hybridized carbons (Fsp3) is 0.300. The van der Waals surface area contributed by atoms with Gasteiger partial charge in [-0.05, 0) is 55.9 Å². The molecular weight excluding hydrogens is 358 g/mol. The monoisotopic (exact) mass is 381 g/mol. The normalized spacial score (nSPS) is 15.3. The molecule has 2 heterocycles. The van der Waals surface area contributed by atoms with Gasteiger partial charge in [-0.3, -0.25) is 4.79 Å². The van der Waals surface area contributed by atoms with Gasteiger partial charge >= 0.3 is 0 Å². The summed E-state index contributed by atoms with van der Waals surface area (Å²) in [6.07, 6.45) is 0. The van der Waals surface area contributed by atoms with Crippen molar-refractivity contribution < 1.29 is 4.79 Å². The Bertz CT molecular complexity index is 974. The van der Waals surface area contributed by atoms with E-state index in [1.807, 2.05) is 43.3 Å². The number of nitrogens with one attached hydrogen (secondary N) is 1. The third-order valence-corrected chi connectivity index (χ3v) is 5.79. The van der Waals surface area contributed by atoms with Crippen LogP contribution in [-0.2, 0) is 0 Å². The first kappa shape index (κ1) is 17.8. The van der Waals surface area contributed by atoms with Crippen molar-refractivity contribution in [3.63, 3.8) is 0 Å². The highest BCUT2D eigenvalue weighted by atomic mass is 32.1. The van der Waals surface area contributed by atoms with E-state index in [-0.39, 0.29) is 5.91 Å². The second-order valence-electron chi connectivity index (χ2n) is 6.98. The van der Waals surface area contributed by atoms with Crippen LogP contribution < -0.4 is 16.0 Å². The highest BCUT2D eigenvalue weighted by Crippen LogP contribution is 2.29. The molecule has 140 valence electrons. The smallest absolute Gasteiger partial charge is 0.255 e. The van der Waals surface area contributed by atoms with Gasteiger partial charge in [0.15, 0.2) is 5.13 Å². The molecule has 1 aliphatic rings. The summed E-state index contributed by atoms with van der Waals surface area (Å²) in [5, 5.41) is 3.52. The summed E-state index contributed by atoms with van der Waals surface area (Å²) in [5.74, 6) is -0.115. The molecule has 1 aromatic heterocycles. The van der Waals surface area contributed by atoms with Gasteiger partial charge in [-0.2, -0.15) is 0 Å². The summed E-state index contributed by atoms with van der Waals surface area (Å²) in [7, 11) is 2.14. The molecule has 1 saturated heterocycles. The maximum Gasteiger partial charge on any atom is 0.255 e. The highest BCUT2D eigenvalue weighted by Gasteiger charge is 2.15. The zero-order valence-corrected chi connectivity index (χ0v) is 16.3. The van der Waals surface area contributed by atoms with Gasteiger partial charge in [-0.15, -0.1) is 0 Å². The molecule has 3 N–H and O–H groups in total. The number of thiazole rings is 1. The number of piperazine rings is 1. The van der Waals surface area contributed by atoms with Crippen molar-refractivity contribution in [1.29, 1.82) is 0 Å². The number of nitrogen functional groups attached to an aromatic ring is 1. The van der Waals surface area contributed by atoms with E-state index in [0.717, 1.165) is 53.3 Å². The van der Waals surface area contributed by atoms with Crippen LogP contribution in [0.15, 0.2) is 36.4 Å². The van der Waals surface area contributed by atoms with Crippen molar-refractivity contribution >= 4 is 44.0 Å². The zero-order valence-electron chi connectivity index (χ0n) is 15.5. The number of nitrogens with two attached hydrogens (primary N) is 1. The van der Waals surface area contributed by atoms with Crippen LogP contribution in [-0.4, -0.2) is 49.0 Å². The van der Waals surface area contributed by atoms with E-state index in [1.165, 1.54) is 11.3 Å². The lowest BCUT2D eigenvalue weighted by Gasteiger charge is -2.34. The number of rotatable bonds is 3. The molecule has 1 amide bonds. The topological polar surface area (TPSA) is 74.5 Å². The van der Waals surface area contributed by atoms with Crippen LogP contribution in [0.3, 0.4) is 0 Å². The number of aryl methyl sites for hydroxylation is 1. The Balaban J connectivity index is 1.48. The van der Waals surface area contributed by atoms with Crippen LogP contribution in [0.1, 0.15) is 15.9 Å². The summed E-state index contributed by atoms with van der Waals surface area (Å²) < 4.78 is 0.980. The summed E-state index contributed by atoms with van der Waals surface area (Å²) in [5.41, 5.74) is 10.3. The molecular formula is C20H23N5OS. The van der Waals surface area contributed by atoms with Crippen LogP contribution in [0.4, 0.5) is 16.5 Å². The lowest BCUT2D eigenvalue weighted by Crippen LogP contribution is -2.44. The van der Waals surface area contributed by atoms with Crippen LogP contribution in [0.2, 0.25) is 0 Å². The summed E-state index contributed by atoms with van der Waals surface area (Å²) in [4.78, 5) is 21.6. The van der Waals surface area contributed by atoms with Crippen molar-refractivity contribution in [2.75, 3.05) is 49.2 Å². The van der Waals surface area contributed by atoms with Gasteiger partial charge in [0.2, 0.25) is 0 Å². The summed E-state index contributed by atoms with van der Waals surface area (Å²) >= 11 is 1.43. The number of carbonyl (C=O) groups is 1. The minimum absolute atomic E-state index is 0.115. The van der Waals surface area contributed by atoms with E-state index in [4.69, 9.17) is 5.73 Å². The summed E-state index contributed by atoms with van der Waals surface area (Å²) in [6.45, 7) is 6.12. The molecule has 1 fully saturated rings. The summed E-state index contributed by atoms with van der Waals surface area (Å²) in [6, 6.07) is 11.7. The number of benzene rings is 2. The first-order chi connectivity index (χ1) is 13.0. The minimum atomic E-state index is -0.115. The van der Waals surface area contributed by atoms with Gasteiger partial charge in [-0.1, -0.05) is 11.3 Å². The van der Waals surface area contributed by atoms with Gasteiger partial charge in [0.05, 0.1) is 10.2 Å². The van der Waals surface area contributed by atoms with E-state index in [1.54, 1.807) is 0 Å². The molecule has 2 aromatic carbocycles. The number of hydrogen-bond acceptors (Lipinski definition) is 6. The molecule has 0 spiro atoms. The van der Waals surface area contributed by atoms with E-state index in [2.05, 4.69) is 27.1 Å². The minimum Gasteiger partial charge on any atom is -0.375 e. The van der Waals surface area contributed by atoms with Crippen molar-refractivity contribution in [2.45, 2.75) is 6.92 Å². The predicted octanol–water partition coefficient (Wildman–Crippen LogP) is 3.19. The predicted molar refractivity (Wildman–Crippen MR) is 113 cm³/mol. The van der Waals surface area contributed by atoms with Gasteiger partial charge in [0.1, 0.15) is 0 Å². The fourth-order valence-corrected chi connectivity index (χ4v) is 4.23. The maximum atomic E-state index is 12.6. The van der Waals surface area contributed by atoms with E-state index in [9.17, 15) is 4.79 Å². The average molecular weight is 382 g/mol. The molecule has 27 heavy (non-hydrogen) atoms. The van der Waals surface area contributed by atoms with Crippen LogP contribution >= 0.6 is 11.3 Å². The van der Waals surface area contributed by atoms with Gasteiger partial charge in [0, 0.05) is 43.1 Å². The molecule has 4 rings (SSSR count). The van der Waals surface area contributed by atoms with Crippen molar-refractivity contribution in [1.82, 2.24) is 9.88 Å². The molecule has 0 bridgehead atoms. The number of aromatic nitrogens is 1. The Kier molecular flexibility index (Phi) is 4.72. The van der Waals surface area contributed by atoms with Crippen molar-refractivity contribution in [2.24, 2.45) is 0 Å². The number of carbonyl (C=O) groups excluding carboxylic acids is 1. The lowest BCUT2D eigenvalue weighted by molar-refractivity contribution is 0.102. The number of amides is 1. The Morgan fingerprint density at radius 3 is 2.56 bits per heavy atom.